The third kappa shape index (κ3) is 3.91. The Morgan fingerprint density at radius 3 is 2.30 bits per heavy atom. The fourth-order valence-corrected chi connectivity index (χ4v) is 4.23. The molecular weight excluding hydrogens is 414 g/mol. The lowest BCUT2D eigenvalue weighted by molar-refractivity contribution is -0.132. The van der Waals surface area contributed by atoms with Gasteiger partial charge in [-0.25, -0.2) is 0 Å². The molecule has 1 aliphatic rings. The van der Waals surface area contributed by atoms with Crippen LogP contribution in [0, 0.1) is 27.7 Å². The van der Waals surface area contributed by atoms with Gasteiger partial charge in [-0.3, -0.25) is 14.5 Å². The molecule has 1 atom stereocenters. The number of nitrogens with zero attached hydrogens (tertiary/aromatic N) is 1. The lowest BCUT2D eigenvalue weighted by atomic mass is 9.93. The van der Waals surface area contributed by atoms with Crippen molar-refractivity contribution in [3.8, 4) is 5.75 Å². The highest BCUT2D eigenvalue weighted by Gasteiger charge is 2.47. The zero-order chi connectivity index (χ0) is 23.9. The number of rotatable bonds is 4. The predicted octanol–water partition coefficient (Wildman–Crippen LogP) is 5.56. The molecule has 1 fully saturated rings. The number of carbonyl (C=O) groups is 2. The molecule has 3 aromatic rings. The fraction of sp³-hybridized carbons (Fsp3) is 0.214. The second-order valence-electron chi connectivity index (χ2n) is 8.53. The Hall–Kier alpha value is -3.86. The number of anilines is 1. The van der Waals surface area contributed by atoms with Crippen LogP contribution in [0.3, 0.4) is 0 Å². The van der Waals surface area contributed by atoms with Gasteiger partial charge in [-0.05, 0) is 79.8 Å². The van der Waals surface area contributed by atoms with E-state index in [1.54, 1.807) is 25.3 Å². The third-order valence-electron chi connectivity index (χ3n) is 6.26. The monoisotopic (exact) mass is 441 g/mol. The highest BCUT2D eigenvalue weighted by atomic mass is 16.5. The maximum atomic E-state index is 13.4. The summed E-state index contributed by atoms with van der Waals surface area (Å²) in [4.78, 5) is 28.2. The molecule has 3 aromatic carbocycles. The zero-order valence-electron chi connectivity index (χ0n) is 19.5. The van der Waals surface area contributed by atoms with Crippen LogP contribution in [-0.2, 0) is 9.59 Å². The number of hydrogen-bond donors (Lipinski definition) is 1. The highest BCUT2D eigenvalue weighted by Crippen LogP contribution is 2.44. The number of ether oxygens (including phenoxy) is 1. The third-order valence-corrected chi connectivity index (χ3v) is 6.26. The molecule has 1 amide bonds. The van der Waals surface area contributed by atoms with Crippen LogP contribution < -0.4 is 9.64 Å². The van der Waals surface area contributed by atoms with E-state index in [0.717, 1.165) is 22.3 Å². The van der Waals surface area contributed by atoms with Crippen molar-refractivity contribution < 1.29 is 19.4 Å². The van der Waals surface area contributed by atoms with Crippen molar-refractivity contribution >= 4 is 23.1 Å². The summed E-state index contributed by atoms with van der Waals surface area (Å²) in [5, 5.41) is 11.3. The molecule has 1 N–H and O–H groups in total. The Labute approximate surface area is 193 Å². The summed E-state index contributed by atoms with van der Waals surface area (Å²) in [5.74, 6) is -0.955. The van der Waals surface area contributed by atoms with E-state index in [2.05, 4.69) is 0 Å². The first-order valence-electron chi connectivity index (χ1n) is 10.8. The van der Waals surface area contributed by atoms with Gasteiger partial charge >= 0.3 is 0 Å². The second kappa shape index (κ2) is 8.58. The minimum atomic E-state index is -0.790. The van der Waals surface area contributed by atoms with Crippen LogP contribution >= 0.6 is 0 Å². The van der Waals surface area contributed by atoms with Gasteiger partial charge in [-0.2, -0.15) is 0 Å². The standard InChI is InChI=1S/C28H27NO4/c1-16-9-10-18(3)23(13-16)29-25(20-7-6-8-22(15-20)33-5)24(27(31)28(29)32)26(30)21-12-11-17(2)19(4)14-21/h6-15,25,30H,1-5H3/b26-24-. The number of ketones is 1. The van der Waals surface area contributed by atoms with Crippen molar-refractivity contribution in [2.24, 2.45) is 0 Å². The largest absolute Gasteiger partial charge is 0.507 e. The summed E-state index contributed by atoms with van der Waals surface area (Å²) < 4.78 is 5.39. The molecule has 1 heterocycles. The lowest BCUT2D eigenvalue weighted by Crippen LogP contribution is -2.30. The quantitative estimate of drug-likeness (QED) is 0.327. The first-order valence-corrected chi connectivity index (χ1v) is 10.8. The van der Waals surface area contributed by atoms with Crippen LogP contribution in [-0.4, -0.2) is 23.9 Å². The Bertz CT molecular complexity index is 1300. The van der Waals surface area contributed by atoms with Crippen molar-refractivity contribution in [3.63, 3.8) is 0 Å². The van der Waals surface area contributed by atoms with Crippen molar-refractivity contribution in [1.29, 1.82) is 0 Å². The average molecular weight is 442 g/mol. The lowest BCUT2D eigenvalue weighted by Gasteiger charge is -2.27. The minimum absolute atomic E-state index is 0.0670. The average Bonchev–Trinajstić information content (AvgIpc) is 3.07. The van der Waals surface area contributed by atoms with Gasteiger partial charge in [0.25, 0.3) is 11.7 Å². The molecule has 0 spiro atoms. The summed E-state index contributed by atoms with van der Waals surface area (Å²) in [6.45, 7) is 7.77. The van der Waals surface area contributed by atoms with E-state index in [4.69, 9.17) is 4.74 Å². The number of Topliss-reactive ketones (excluding diaryl/α,β-unsaturated/α-hetero) is 1. The number of methoxy groups -OCH3 is 1. The van der Waals surface area contributed by atoms with E-state index in [1.807, 2.05) is 70.2 Å². The Kier molecular flexibility index (Phi) is 5.81. The molecule has 0 saturated carbocycles. The fourth-order valence-electron chi connectivity index (χ4n) is 4.23. The topological polar surface area (TPSA) is 66.8 Å². The number of hydrogen-bond acceptors (Lipinski definition) is 4. The second-order valence-corrected chi connectivity index (χ2v) is 8.53. The molecule has 4 rings (SSSR count). The zero-order valence-corrected chi connectivity index (χ0v) is 19.5. The molecule has 168 valence electrons. The van der Waals surface area contributed by atoms with Crippen molar-refractivity contribution in [2.75, 3.05) is 12.0 Å². The van der Waals surface area contributed by atoms with Crippen molar-refractivity contribution in [2.45, 2.75) is 33.7 Å². The van der Waals surface area contributed by atoms with E-state index in [1.165, 1.54) is 4.90 Å². The summed E-state index contributed by atoms with van der Waals surface area (Å²) >= 11 is 0. The van der Waals surface area contributed by atoms with E-state index < -0.39 is 17.7 Å². The number of aliphatic hydroxyl groups excluding tert-OH is 1. The molecule has 0 aromatic heterocycles. The van der Waals surface area contributed by atoms with Crippen molar-refractivity contribution in [1.82, 2.24) is 0 Å². The van der Waals surface area contributed by atoms with E-state index >= 15 is 0 Å². The molecule has 5 nitrogen and oxygen atoms in total. The van der Waals surface area contributed by atoms with E-state index in [9.17, 15) is 14.7 Å². The number of carbonyl (C=O) groups excluding carboxylic acids is 2. The predicted molar refractivity (Wildman–Crippen MR) is 130 cm³/mol. The molecular formula is C28H27NO4. The molecule has 1 saturated heterocycles. The molecule has 0 radical (unpaired) electrons. The summed E-state index contributed by atoms with van der Waals surface area (Å²) in [5.41, 5.74) is 5.79. The van der Waals surface area contributed by atoms with Gasteiger partial charge in [0.15, 0.2) is 0 Å². The normalized spacial score (nSPS) is 17.5. The molecule has 0 bridgehead atoms. The Morgan fingerprint density at radius 1 is 0.879 bits per heavy atom. The number of benzene rings is 3. The van der Waals surface area contributed by atoms with Crippen LogP contribution in [0.2, 0.25) is 0 Å². The highest BCUT2D eigenvalue weighted by molar-refractivity contribution is 6.51. The van der Waals surface area contributed by atoms with Crippen molar-refractivity contribution in [3.05, 3.63) is 99.6 Å². The first-order chi connectivity index (χ1) is 15.7. The number of amides is 1. The Morgan fingerprint density at radius 2 is 1.61 bits per heavy atom. The molecule has 1 aliphatic heterocycles. The SMILES string of the molecule is COc1cccc(C2/C(=C(/O)c3ccc(C)c(C)c3)C(=O)C(=O)N2c2cc(C)ccc2C)c1. The number of aliphatic hydroxyl groups is 1. The molecule has 33 heavy (non-hydrogen) atoms. The number of aryl methyl sites for hydroxylation is 4. The van der Waals surface area contributed by atoms with Crippen LogP contribution in [0.5, 0.6) is 5.75 Å². The van der Waals surface area contributed by atoms with Crippen LogP contribution in [0.4, 0.5) is 5.69 Å². The molecule has 5 heteroatoms. The van der Waals surface area contributed by atoms with Gasteiger partial charge in [-0.15, -0.1) is 0 Å². The van der Waals surface area contributed by atoms with Crippen LogP contribution in [0.15, 0.2) is 66.2 Å². The van der Waals surface area contributed by atoms with Gasteiger partial charge < -0.3 is 9.84 Å². The summed E-state index contributed by atoms with van der Waals surface area (Å²) in [7, 11) is 1.57. The van der Waals surface area contributed by atoms with Gasteiger partial charge in [0.05, 0.1) is 18.7 Å². The maximum absolute atomic E-state index is 13.4. The van der Waals surface area contributed by atoms with Gasteiger partial charge in [0, 0.05) is 11.3 Å². The van der Waals surface area contributed by atoms with Gasteiger partial charge in [-0.1, -0.05) is 36.4 Å². The summed E-state index contributed by atoms with van der Waals surface area (Å²) in [6, 6.07) is 17.7. The van der Waals surface area contributed by atoms with E-state index in [-0.39, 0.29) is 11.3 Å². The van der Waals surface area contributed by atoms with Crippen LogP contribution in [0.25, 0.3) is 5.76 Å². The molecule has 1 unspecified atom stereocenters. The first kappa shape index (κ1) is 22.3. The maximum Gasteiger partial charge on any atom is 0.300 e. The van der Waals surface area contributed by atoms with Gasteiger partial charge in [0.2, 0.25) is 0 Å². The van der Waals surface area contributed by atoms with Gasteiger partial charge in [0.1, 0.15) is 11.5 Å². The van der Waals surface area contributed by atoms with E-state index in [0.29, 0.717) is 22.6 Å². The molecule has 0 aliphatic carbocycles. The Balaban J connectivity index is 2.00. The smallest absolute Gasteiger partial charge is 0.300 e. The van der Waals surface area contributed by atoms with Crippen LogP contribution in [0.1, 0.15) is 39.4 Å². The minimum Gasteiger partial charge on any atom is -0.507 e. The summed E-state index contributed by atoms with van der Waals surface area (Å²) in [6.07, 6.45) is 0.